The van der Waals surface area contributed by atoms with E-state index in [1.54, 1.807) is 12.3 Å². The van der Waals surface area contributed by atoms with E-state index in [2.05, 4.69) is 10.3 Å². The van der Waals surface area contributed by atoms with Crippen molar-refractivity contribution in [2.75, 3.05) is 18.9 Å². The van der Waals surface area contributed by atoms with E-state index in [-0.39, 0.29) is 24.9 Å². The van der Waals surface area contributed by atoms with Gasteiger partial charge >= 0.3 is 0 Å². The summed E-state index contributed by atoms with van der Waals surface area (Å²) in [5, 5.41) is 11.0. The van der Waals surface area contributed by atoms with E-state index in [1.165, 1.54) is 0 Å². The lowest BCUT2D eigenvalue weighted by molar-refractivity contribution is 0.0945. The second kappa shape index (κ2) is 4.57. The summed E-state index contributed by atoms with van der Waals surface area (Å²) in [6.07, 6.45) is 1.60. The molecule has 1 aromatic rings. The van der Waals surface area contributed by atoms with Crippen LogP contribution in [0.5, 0.6) is 0 Å². The van der Waals surface area contributed by atoms with Gasteiger partial charge in [0.1, 0.15) is 5.82 Å². The smallest absolute Gasteiger partial charge is 0.255 e. The molecule has 14 heavy (non-hydrogen) atoms. The van der Waals surface area contributed by atoms with Gasteiger partial charge in [0, 0.05) is 12.7 Å². The summed E-state index contributed by atoms with van der Waals surface area (Å²) >= 11 is 0. The maximum absolute atomic E-state index is 11.4. The average molecular weight is 195 g/mol. The molecule has 5 nitrogen and oxygen atoms in total. The molecule has 1 heterocycles. The van der Waals surface area contributed by atoms with Gasteiger partial charge in [-0.25, -0.2) is 4.98 Å². The maximum Gasteiger partial charge on any atom is 0.255 e. The van der Waals surface area contributed by atoms with Crippen LogP contribution in [0, 0.1) is 6.92 Å². The monoisotopic (exact) mass is 195 g/mol. The number of carbonyl (C=O) groups is 1. The Morgan fingerprint density at radius 2 is 2.43 bits per heavy atom. The number of nitrogens with two attached hydrogens (primary N) is 1. The van der Waals surface area contributed by atoms with Crippen LogP contribution >= 0.6 is 0 Å². The standard InChI is InChI=1S/C9H13N3O2/c1-6-4-7(8(10)12-5-6)9(14)11-2-3-13/h4-5,13H,2-3H2,1H3,(H2,10,12)(H,11,14). The molecule has 0 aliphatic carbocycles. The Morgan fingerprint density at radius 1 is 1.71 bits per heavy atom. The van der Waals surface area contributed by atoms with Gasteiger partial charge in [0.15, 0.2) is 0 Å². The van der Waals surface area contributed by atoms with Crippen LogP contribution in [0.2, 0.25) is 0 Å². The van der Waals surface area contributed by atoms with E-state index in [4.69, 9.17) is 10.8 Å². The first-order valence-electron chi connectivity index (χ1n) is 4.26. The zero-order valence-electron chi connectivity index (χ0n) is 7.95. The maximum atomic E-state index is 11.4. The van der Waals surface area contributed by atoms with Gasteiger partial charge in [0.05, 0.1) is 12.2 Å². The minimum absolute atomic E-state index is 0.0924. The lowest BCUT2D eigenvalue weighted by atomic mass is 10.2. The molecular formula is C9H13N3O2. The van der Waals surface area contributed by atoms with Gasteiger partial charge in [0.2, 0.25) is 0 Å². The summed E-state index contributed by atoms with van der Waals surface area (Å²) in [4.78, 5) is 15.3. The third-order valence-electron chi connectivity index (χ3n) is 1.70. The molecule has 0 spiro atoms. The van der Waals surface area contributed by atoms with Crippen molar-refractivity contribution in [3.8, 4) is 0 Å². The minimum atomic E-state index is -0.312. The number of nitrogens with one attached hydrogen (secondary N) is 1. The molecule has 0 aromatic carbocycles. The summed E-state index contributed by atoms with van der Waals surface area (Å²) in [5.74, 6) is -0.112. The molecule has 76 valence electrons. The Hall–Kier alpha value is -1.62. The third kappa shape index (κ3) is 2.43. The van der Waals surface area contributed by atoms with Crippen molar-refractivity contribution >= 4 is 11.7 Å². The quantitative estimate of drug-likeness (QED) is 0.617. The van der Waals surface area contributed by atoms with Crippen LogP contribution in [0.4, 0.5) is 5.82 Å². The van der Waals surface area contributed by atoms with E-state index in [1.807, 2.05) is 6.92 Å². The van der Waals surface area contributed by atoms with Crippen LogP contribution in [-0.2, 0) is 0 Å². The highest BCUT2D eigenvalue weighted by molar-refractivity contribution is 5.98. The minimum Gasteiger partial charge on any atom is -0.395 e. The molecule has 0 atom stereocenters. The molecule has 1 rings (SSSR count). The number of rotatable bonds is 3. The molecule has 0 radical (unpaired) electrons. The Bertz CT molecular complexity index is 339. The van der Waals surface area contributed by atoms with Crippen LogP contribution < -0.4 is 11.1 Å². The van der Waals surface area contributed by atoms with Gasteiger partial charge in [0.25, 0.3) is 5.91 Å². The highest BCUT2D eigenvalue weighted by Crippen LogP contribution is 2.09. The SMILES string of the molecule is Cc1cnc(N)c(C(=O)NCCO)c1. The molecule has 1 aromatic heterocycles. The lowest BCUT2D eigenvalue weighted by Crippen LogP contribution is -2.27. The molecule has 0 bridgehead atoms. The van der Waals surface area contributed by atoms with Crippen molar-refractivity contribution in [2.24, 2.45) is 0 Å². The molecule has 0 unspecified atom stereocenters. The van der Waals surface area contributed by atoms with Crippen LogP contribution in [0.3, 0.4) is 0 Å². The van der Waals surface area contributed by atoms with Gasteiger partial charge in [-0.2, -0.15) is 0 Å². The van der Waals surface area contributed by atoms with E-state index in [0.717, 1.165) is 5.56 Å². The van der Waals surface area contributed by atoms with Gasteiger partial charge < -0.3 is 16.2 Å². The van der Waals surface area contributed by atoms with Crippen LogP contribution in [0.25, 0.3) is 0 Å². The second-order valence-corrected chi connectivity index (χ2v) is 2.92. The number of aromatic nitrogens is 1. The summed E-state index contributed by atoms with van der Waals surface area (Å²) in [7, 11) is 0. The first-order valence-corrected chi connectivity index (χ1v) is 4.26. The number of nitrogens with zero attached hydrogens (tertiary/aromatic N) is 1. The van der Waals surface area contributed by atoms with Crippen molar-refractivity contribution < 1.29 is 9.90 Å². The van der Waals surface area contributed by atoms with E-state index in [0.29, 0.717) is 5.56 Å². The predicted molar refractivity (Wildman–Crippen MR) is 52.8 cm³/mol. The predicted octanol–water partition coefficient (Wildman–Crippen LogP) is -0.306. The van der Waals surface area contributed by atoms with E-state index < -0.39 is 0 Å². The number of hydrogen-bond acceptors (Lipinski definition) is 4. The number of nitrogen functional groups attached to an aromatic ring is 1. The van der Waals surface area contributed by atoms with Crippen molar-refractivity contribution in [2.45, 2.75) is 6.92 Å². The van der Waals surface area contributed by atoms with Crippen molar-refractivity contribution in [1.82, 2.24) is 10.3 Å². The van der Waals surface area contributed by atoms with Gasteiger partial charge in [-0.3, -0.25) is 4.79 Å². The molecule has 0 saturated carbocycles. The average Bonchev–Trinajstić information content (AvgIpc) is 2.18. The number of aryl methyl sites for hydroxylation is 1. The topological polar surface area (TPSA) is 88.2 Å². The number of hydrogen-bond donors (Lipinski definition) is 3. The number of pyridine rings is 1. The second-order valence-electron chi connectivity index (χ2n) is 2.92. The van der Waals surface area contributed by atoms with Crippen LogP contribution in [0.15, 0.2) is 12.3 Å². The van der Waals surface area contributed by atoms with Gasteiger partial charge in [-0.15, -0.1) is 0 Å². The normalized spacial score (nSPS) is 9.86. The molecule has 5 heteroatoms. The summed E-state index contributed by atoms with van der Waals surface area (Å²) < 4.78 is 0. The number of carbonyl (C=O) groups excluding carboxylic acids is 1. The number of aliphatic hydroxyl groups is 1. The molecule has 0 fully saturated rings. The summed E-state index contributed by atoms with van der Waals surface area (Å²) in [6, 6.07) is 1.66. The largest absolute Gasteiger partial charge is 0.395 e. The molecule has 0 saturated heterocycles. The molecule has 0 aliphatic heterocycles. The highest BCUT2D eigenvalue weighted by Gasteiger charge is 2.09. The zero-order chi connectivity index (χ0) is 10.6. The highest BCUT2D eigenvalue weighted by atomic mass is 16.3. The van der Waals surface area contributed by atoms with Crippen molar-refractivity contribution in [3.63, 3.8) is 0 Å². The molecule has 4 N–H and O–H groups in total. The fourth-order valence-electron chi connectivity index (χ4n) is 1.03. The first-order chi connectivity index (χ1) is 6.65. The molecule has 0 aliphatic rings. The molecular weight excluding hydrogens is 182 g/mol. The van der Waals surface area contributed by atoms with E-state index >= 15 is 0 Å². The Balaban J connectivity index is 2.83. The fourth-order valence-corrected chi connectivity index (χ4v) is 1.03. The van der Waals surface area contributed by atoms with E-state index in [9.17, 15) is 4.79 Å². The Kier molecular flexibility index (Phi) is 3.41. The summed E-state index contributed by atoms with van der Waals surface area (Å²) in [6.45, 7) is 1.95. The number of amides is 1. The first kappa shape index (κ1) is 10.5. The third-order valence-corrected chi connectivity index (χ3v) is 1.70. The fraction of sp³-hybridized carbons (Fsp3) is 0.333. The van der Waals surface area contributed by atoms with Crippen molar-refractivity contribution in [3.05, 3.63) is 23.4 Å². The Morgan fingerprint density at radius 3 is 3.07 bits per heavy atom. The van der Waals surface area contributed by atoms with Crippen molar-refractivity contribution in [1.29, 1.82) is 0 Å². The summed E-state index contributed by atoms with van der Waals surface area (Å²) in [5.41, 5.74) is 6.74. The number of anilines is 1. The number of aliphatic hydroxyl groups excluding tert-OH is 1. The molecule has 1 amide bonds. The van der Waals surface area contributed by atoms with Crippen LogP contribution in [0.1, 0.15) is 15.9 Å². The Labute approximate surface area is 82.0 Å². The zero-order valence-corrected chi connectivity index (χ0v) is 7.95. The van der Waals surface area contributed by atoms with Crippen LogP contribution in [-0.4, -0.2) is 29.1 Å². The van der Waals surface area contributed by atoms with Gasteiger partial charge in [-0.05, 0) is 18.6 Å². The lowest BCUT2D eigenvalue weighted by Gasteiger charge is -2.05. The van der Waals surface area contributed by atoms with Gasteiger partial charge in [-0.1, -0.05) is 0 Å².